The van der Waals surface area contributed by atoms with Gasteiger partial charge in [0, 0.05) is 16.5 Å². The van der Waals surface area contributed by atoms with E-state index in [2.05, 4.69) is 95.0 Å². The molecule has 1 atom stereocenters. The van der Waals surface area contributed by atoms with Crippen molar-refractivity contribution in [3.63, 3.8) is 0 Å². The SMILES string of the molecule is COC(=O)CC1COc2ccc3ccccc3c2-c2c(NC(C)(C)C)n3c(-c4ccccc4)csc3[n+]21.O=S(=O)([O-])C(F)(F)F. The first kappa shape index (κ1) is 32.3. The molecule has 3 heterocycles. The first-order valence-corrected chi connectivity index (χ1v) is 16.0. The molecule has 0 saturated heterocycles. The molecular formula is C31H30F3N3O6S2. The first-order chi connectivity index (χ1) is 21.1. The van der Waals surface area contributed by atoms with E-state index in [1.54, 1.807) is 11.3 Å². The Bertz CT molecular complexity index is 1980. The number of anilines is 1. The van der Waals surface area contributed by atoms with Gasteiger partial charge in [0.2, 0.25) is 11.5 Å². The summed E-state index contributed by atoms with van der Waals surface area (Å²) in [5.74, 6) is 1.55. The predicted octanol–water partition coefficient (Wildman–Crippen LogP) is 6.53. The maximum atomic E-state index is 12.6. The van der Waals surface area contributed by atoms with E-state index in [1.165, 1.54) is 7.11 Å². The van der Waals surface area contributed by atoms with Crippen molar-refractivity contribution >= 4 is 49.0 Å². The molecule has 0 fully saturated rings. The Hall–Kier alpha value is -4.14. The van der Waals surface area contributed by atoms with Gasteiger partial charge in [-0.05, 0) is 37.6 Å². The number of nitrogens with zero attached hydrogens (tertiary/aromatic N) is 2. The number of methoxy groups -OCH3 is 1. The Morgan fingerprint density at radius 3 is 2.36 bits per heavy atom. The lowest BCUT2D eigenvalue weighted by Crippen LogP contribution is -2.43. The number of alkyl halides is 3. The molecule has 1 aliphatic heterocycles. The fourth-order valence-electron chi connectivity index (χ4n) is 5.17. The molecule has 238 valence electrons. The largest absolute Gasteiger partial charge is 0.741 e. The molecule has 0 aliphatic carbocycles. The summed E-state index contributed by atoms with van der Waals surface area (Å²) in [6.45, 7) is 6.87. The number of rotatable bonds is 4. The quantitative estimate of drug-likeness (QED) is 0.101. The summed E-state index contributed by atoms with van der Waals surface area (Å²) < 4.78 is 75.0. The molecule has 9 nitrogen and oxygen atoms in total. The number of ether oxygens (including phenoxy) is 2. The predicted molar refractivity (Wildman–Crippen MR) is 164 cm³/mol. The van der Waals surface area contributed by atoms with Crippen LogP contribution >= 0.6 is 11.3 Å². The van der Waals surface area contributed by atoms with E-state index in [9.17, 15) is 18.0 Å². The van der Waals surface area contributed by atoms with Crippen LogP contribution in [-0.4, -0.2) is 48.1 Å². The summed E-state index contributed by atoms with van der Waals surface area (Å²) in [6.07, 6.45) is 0.216. The van der Waals surface area contributed by atoms with Crippen LogP contribution in [0.1, 0.15) is 33.2 Å². The van der Waals surface area contributed by atoms with Gasteiger partial charge >= 0.3 is 16.4 Å². The lowest BCUT2D eigenvalue weighted by Gasteiger charge is -2.21. The zero-order chi connectivity index (χ0) is 32.7. The lowest BCUT2D eigenvalue weighted by molar-refractivity contribution is -0.684. The van der Waals surface area contributed by atoms with Crippen LogP contribution in [0.4, 0.5) is 19.0 Å². The van der Waals surface area contributed by atoms with Crippen LogP contribution in [0.25, 0.3) is 38.2 Å². The van der Waals surface area contributed by atoms with Crippen molar-refractivity contribution in [1.82, 2.24) is 4.40 Å². The summed E-state index contributed by atoms with van der Waals surface area (Å²) >= 11 is 1.68. The number of carbonyl (C=O) groups excluding carboxylic acids is 1. The van der Waals surface area contributed by atoms with Crippen molar-refractivity contribution in [2.75, 3.05) is 19.0 Å². The van der Waals surface area contributed by atoms with Gasteiger partial charge in [-0.3, -0.25) is 4.79 Å². The molecule has 0 amide bonds. The van der Waals surface area contributed by atoms with Crippen LogP contribution in [0.2, 0.25) is 0 Å². The topological polar surface area (TPSA) is 113 Å². The summed E-state index contributed by atoms with van der Waals surface area (Å²) in [5.41, 5.74) is -1.56. The fraction of sp³-hybridized carbons (Fsp3) is 0.290. The Labute approximate surface area is 261 Å². The van der Waals surface area contributed by atoms with E-state index >= 15 is 0 Å². The fourth-order valence-corrected chi connectivity index (χ4v) is 6.28. The van der Waals surface area contributed by atoms with Crippen LogP contribution in [0, 0.1) is 0 Å². The van der Waals surface area contributed by atoms with Crippen molar-refractivity contribution in [1.29, 1.82) is 0 Å². The summed E-state index contributed by atoms with van der Waals surface area (Å²) in [5, 5.41) is 8.27. The number of carbonyl (C=O) groups is 1. The molecule has 0 spiro atoms. The van der Waals surface area contributed by atoms with Gasteiger partial charge in [0.15, 0.2) is 15.8 Å². The van der Waals surface area contributed by atoms with Crippen LogP contribution in [0.15, 0.2) is 72.1 Å². The van der Waals surface area contributed by atoms with Gasteiger partial charge in [0.05, 0.1) is 19.1 Å². The van der Waals surface area contributed by atoms with E-state index in [1.807, 2.05) is 12.1 Å². The van der Waals surface area contributed by atoms with Crippen molar-refractivity contribution < 1.29 is 45.0 Å². The number of esters is 1. The summed E-state index contributed by atoms with van der Waals surface area (Å²) in [7, 11) is -4.65. The van der Waals surface area contributed by atoms with E-state index in [4.69, 9.17) is 22.4 Å². The summed E-state index contributed by atoms with van der Waals surface area (Å²) in [6, 6.07) is 22.7. The van der Waals surface area contributed by atoms with Crippen molar-refractivity contribution in [2.45, 2.75) is 44.3 Å². The molecule has 6 rings (SSSR count). The molecule has 0 bridgehead atoms. The number of aromatic nitrogens is 2. The first-order valence-electron chi connectivity index (χ1n) is 13.8. The van der Waals surface area contributed by atoms with Crippen molar-refractivity contribution in [3.8, 4) is 28.3 Å². The van der Waals surface area contributed by atoms with Gasteiger partial charge in [-0.15, -0.1) is 0 Å². The minimum Gasteiger partial charge on any atom is -0.741 e. The van der Waals surface area contributed by atoms with E-state index in [-0.39, 0.29) is 24.0 Å². The second-order valence-corrected chi connectivity index (χ2v) is 13.6. The van der Waals surface area contributed by atoms with Gasteiger partial charge in [-0.1, -0.05) is 72.0 Å². The number of imidazole rings is 1. The Kier molecular flexibility index (Phi) is 8.59. The molecule has 1 N–H and O–H groups in total. The minimum absolute atomic E-state index is 0.214. The molecule has 45 heavy (non-hydrogen) atoms. The third-order valence-corrected chi connectivity index (χ3v) is 8.50. The molecule has 2 aromatic heterocycles. The van der Waals surface area contributed by atoms with Crippen LogP contribution in [-0.2, 0) is 19.6 Å². The lowest BCUT2D eigenvalue weighted by atomic mass is 9.99. The average molecular weight is 662 g/mol. The highest BCUT2D eigenvalue weighted by molar-refractivity contribution is 7.86. The van der Waals surface area contributed by atoms with E-state index < -0.39 is 15.6 Å². The highest BCUT2D eigenvalue weighted by Gasteiger charge is 2.41. The number of halogens is 3. The maximum absolute atomic E-state index is 12.6. The zero-order valence-electron chi connectivity index (χ0n) is 24.7. The Morgan fingerprint density at radius 2 is 1.73 bits per heavy atom. The zero-order valence-corrected chi connectivity index (χ0v) is 26.3. The van der Waals surface area contributed by atoms with Gasteiger partial charge in [0.25, 0.3) is 0 Å². The van der Waals surface area contributed by atoms with E-state index in [0.717, 1.165) is 49.8 Å². The molecule has 3 aromatic carbocycles. The van der Waals surface area contributed by atoms with E-state index in [0.29, 0.717) is 6.61 Å². The normalized spacial score (nSPS) is 14.9. The third-order valence-electron chi connectivity index (χ3n) is 7.00. The van der Waals surface area contributed by atoms with Crippen LogP contribution < -0.4 is 14.6 Å². The number of fused-ring (bicyclic) bond motifs is 7. The minimum atomic E-state index is -6.09. The Morgan fingerprint density at radius 1 is 1.09 bits per heavy atom. The molecule has 1 aliphatic rings. The average Bonchev–Trinajstić information content (AvgIpc) is 3.47. The number of hydrogen-bond donors (Lipinski definition) is 1. The Balaban J connectivity index is 0.000000444. The van der Waals surface area contributed by atoms with Crippen LogP contribution in [0.5, 0.6) is 5.75 Å². The monoisotopic (exact) mass is 661 g/mol. The second-order valence-electron chi connectivity index (χ2n) is 11.4. The summed E-state index contributed by atoms with van der Waals surface area (Å²) in [4.78, 5) is 13.6. The smallest absolute Gasteiger partial charge is 0.485 e. The van der Waals surface area contributed by atoms with Crippen LogP contribution in [0.3, 0.4) is 0 Å². The molecule has 14 heteroatoms. The second kappa shape index (κ2) is 12.0. The van der Waals surface area contributed by atoms with Gasteiger partial charge in [-0.2, -0.15) is 17.6 Å². The highest BCUT2D eigenvalue weighted by Crippen LogP contribution is 2.45. The van der Waals surface area contributed by atoms with Crippen molar-refractivity contribution in [3.05, 3.63) is 72.1 Å². The number of benzene rings is 3. The van der Waals surface area contributed by atoms with Gasteiger partial charge in [-0.25, -0.2) is 13.0 Å². The number of nitrogens with one attached hydrogen (secondary N) is 1. The highest BCUT2D eigenvalue weighted by atomic mass is 32.2. The number of thiazole rings is 1. The van der Waals surface area contributed by atoms with Gasteiger partial charge < -0.3 is 19.3 Å². The standard InChI is InChI=1S/C30H30N3O3S.CHF3O3S/c1-30(2,3)31-28-27-26-22-13-9-8-10-19(22)14-15-24(26)36-17-21(16-25(34)35-4)32(27)29-33(28)23(18-37-29)20-11-6-5-7-12-20;2-1(3,4)8(5,6)7/h5-15,18,21,31H,16-17H2,1-4H3;(H,5,6,7)/q+1;/p-1. The molecule has 0 saturated carbocycles. The maximum Gasteiger partial charge on any atom is 0.485 e. The molecular weight excluding hydrogens is 631 g/mol. The van der Waals surface area contributed by atoms with Crippen molar-refractivity contribution in [2.24, 2.45) is 0 Å². The molecule has 0 radical (unpaired) electrons. The van der Waals surface area contributed by atoms with Gasteiger partial charge in [0.1, 0.15) is 18.4 Å². The molecule has 1 unspecified atom stereocenters. The number of hydrogen-bond acceptors (Lipinski definition) is 8. The third kappa shape index (κ3) is 6.49. The molecule has 5 aromatic rings.